The average molecular weight is 319 g/mol. The first-order chi connectivity index (χ1) is 11.8. The molecule has 0 saturated carbocycles. The van der Waals surface area contributed by atoms with Crippen LogP contribution in [-0.2, 0) is 0 Å². The van der Waals surface area contributed by atoms with E-state index in [0.29, 0.717) is 12.0 Å². The molecule has 1 aliphatic rings. The minimum Gasteiger partial charge on any atom is -0.366 e. The Kier molecular flexibility index (Phi) is 4.01. The van der Waals surface area contributed by atoms with Crippen LogP contribution in [-0.4, -0.2) is 35.6 Å². The summed E-state index contributed by atoms with van der Waals surface area (Å²) in [5.74, 6) is 0.624. The van der Waals surface area contributed by atoms with Gasteiger partial charge in [-0.25, -0.2) is 9.97 Å². The van der Waals surface area contributed by atoms with E-state index in [9.17, 15) is 0 Å². The first kappa shape index (κ1) is 14.9. The number of aromatic nitrogens is 2. The van der Waals surface area contributed by atoms with Crippen molar-refractivity contribution in [2.24, 2.45) is 0 Å². The third-order valence-electron chi connectivity index (χ3n) is 4.42. The molecule has 3 aromatic rings. The van der Waals surface area contributed by atoms with Gasteiger partial charge in [-0.15, -0.1) is 0 Å². The summed E-state index contributed by atoms with van der Waals surface area (Å²) < 4.78 is 0. The fourth-order valence-corrected chi connectivity index (χ4v) is 3.15. The molecule has 122 valence electrons. The fraction of sp³-hybridized carbons (Fsp3) is 0.263. The minimum atomic E-state index is 0.492. The lowest BCUT2D eigenvalue weighted by Gasteiger charge is -2.36. The molecule has 1 unspecified atom stereocenters. The van der Waals surface area contributed by atoms with E-state index in [1.807, 2.05) is 30.5 Å². The number of anilines is 3. The molecule has 0 bridgehead atoms. The van der Waals surface area contributed by atoms with Crippen LogP contribution in [0.15, 0.2) is 54.7 Å². The van der Waals surface area contributed by atoms with E-state index in [2.05, 4.69) is 56.7 Å². The summed E-state index contributed by atoms with van der Waals surface area (Å²) in [4.78, 5) is 11.4. The summed E-state index contributed by atoms with van der Waals surface area (Å²) in [5.41, 5.74) is 3.19. The zero-order valence-electron chi connectivity index (χ0n) is 13.7. The molecular weight excluding hydrogens is 298 g/mol. The van der Waals surface area contributed by atoms with Crippen molar-refractivity contribution in [3.8, 4) is 0 Å². The quantitative estimate of drug-likeness (QED) is 0.776. The summed E-state index contributed by atoms with van der Waals surface area (Å²) in [5, 5.41) is 7.80. The summed E-state index contributed by atoms with van der Waals surface area (Å²) in [6.07, 6.45) is 1.85. The second kappa shape index (κ2) is 6.45. The normalized spacial score (nSPS) is 17.9. The number of piperazine rings is 1. The van der Waals surface area contributed by atoms with Crippen molar-refractivity contribution in [2.75, 3.05) is 29.9 Å². The Bertz CT molecular complexity index is 848. The molecule has 1 fully saturated rings. The number of hydrogen-bond acceptors (Lipinski definition) is 5. The second-order valence-electron chi connectivity index (χ2n) is 6.17. The summed E-state index contributed by atoms with van der Waals surface area (Å²) >= 11 is 0. The Morgan fingerprint density at radius 3 is 3.00 bits per heavy atom. The van der Waals surface area contributed by atoms with E-state index in [4.69, 9.17) is 0 Å². The van der Waals surface area contributed by atoms with Crippen molar-refractivity contribution in [1.82, 2.24) is 15.3 Å². The van der Waals surface area contributed by atoms with Crippen LogP contribution < -0.4 is 15.5 Å². The van der Waals surface area contributed by atoms with Crippen LogP contribution in [0.1, 0.15) is 6.92 Å². The van der Waals surface area contributed by atoms with Crippen molar-refractivity contribution in [3.05, 3.63) is 54.7 Å². The van der Waals surface area contributed by atoms with Crippen molar-refractivity contribution >= 4 is 28.2 Å². The molecular formula is C19H21N5. The number of benzene rings is 2. The van der Waals surface area contributed by atoms with Crippen molar-refractivity contribution in [1.29, 1.82) is 0 Å². The SMILES string of the molecule is CC1CNCCN1c1cccc(Nc2ncc3ccccc3n2)c1. The minimum absolute atomic E-state index is 0.492. The predicted molar refractivity (Wildman–Crippen MR) is 98.9 cm³/mol. The first-order valence-corrected chi connectivity index (χ1v) is 8.36. The lowest BCUT2D eigenvalue weighted by Crippen LogP contribution is -2.49. The molecule has 0 amide bonds. The van der Waals surface area contributed by atoms with Gasteiger partial charge < -0.3 is 15.5 Å². The maximum atomic E-state index is 4.58. The smallest absolute Gasteiger partial charge is 0.227 e. The Morgan fingerprint density at radius 2 is 2.08 bits per heavy atom. The zero-order valence-corrected chi connectivity index (χ0v) is 13.7. The molecule has 1 saturated heterocycles. The highest BCUT2D eigenvalue weighted by Gasteiger charge is 2.18. The van der Waals surface area contributed by atoms with Gasteiger partial charge >= 0.3 is 0 Å². The van der Waals surface area contributed by atoms with Gasteiger partial charge in [0.05, 0.1) is 5.52 Å². The molecule has 0 aliphatic carbocycles. The van der Waals surface area contributed by atoms with Gasteiger partial charge in [0, 0.05) is 48.6 Å². The highest BCUT2D eigenvalue weighted by molar-refractivity contribution is 5.79. The van der Waals surface area contributed by atoms with Gasteiger partial charge in [-0.2, -0.15) is 0 Å². The lowest BCUT2D eigenvalue weighted by atomic mass is 10.1. The zero-order chi connectivity index (χ0) is 16.4. The monoisotopic (exact) mass is 319 g/mol. The number of para-hydroxylation sites is 1. The van der Waals surface area contributed by atoms with Crippen molar-refractivity contribution < 1.29 is 0 Å². The molecule has 0 spiro atoms. The van der Waals surface area contributed by atoms with Gasteiger partial charge in [0.1, 0.15) is 0 Å². The highest BCUT2D eigenvalue weighted by atomic mass is 15.2. The van der Waals surface area contributed by atoms with Crippen LogP contribution in [0.2, 0.25) is 0 Å². The van der Waals surface area contributed by atoms with Crippen LogP contribution in [0.5, 0.6) is 0 Å². The molecule has 0 radical (unpaired) electrons. The molecule has 1 atom stereocenters. The van der Waals surface area contributed by atoms with Crippen molar-refractivity contribution in [3.63, 3.8) is 0 Å². The molecule has 4 rings (SSSR count). The molecule has 2 aromatic carbocycles. The predicted octanol–water partition coefficient (Wildman–Crippen LogP) is 3.17. The van der Waals surface area contributed by atoms with Gasteiger partial charge in [-0.1, -0.05) is 24.3 Å². The standard InChI is InChI=1S/C19H21N5/c1-14-12-20-9-10-24(14)17-7-4-6-16(11-17)22-19-21-13-15-5-2-3-8-18(15)23-19/h2-8,11,13-14,20H,9-10,12H2,1H3,(H,21,22,23). The van der Waals surface area contributed by atoms with Crippen molar-refractivity contribution in [2.45, 2.75) is 13.0 Å². The van der Waals surface area contributed by atoms with E-state index in [1.54, 1.807) is 0 Å². The van der Waals surface area contributed by atoms with E-state index < -0.39 is 0 Å². The lowest BCUT2D eigenvalue weighted by molar-refractivity contribution is 0.501. The van der Waals surface area contributed by atoms with E-state index in [-0.39, 0.29) is 0 Å². The van der Waals surface area contributed by atoms with Crippen LogP contribution in [0.3, 0.4) is 0 Å². The second-order valence-corrected chi connectivity index (χ2v) is 6.17. The van der Waals surface area contributed by atoms with Crippen LogP contribution >= 0.6 is 0 Å². The Labute approximate surface area is 141 Å². The highest BCUT2D eigenvalue weighted by Crippen LogP contribution is 2.24. The van der Waals surface area contributed by atoms with Gasteiger partial charge in [-0.3, -0.25) is 0 Å². The maximum absolute atomic E-state index is 4.58. The fourth-order valence-electron chi connectivity index (χ4n) is 3.15. The third kappa shape index (κ3) is 3.03. The average Bonchev–Trinajstić information content (AvgIpc) is 2.62. The number of nitrogens with one attached hydrogen (secondary N) is 2. The third-order valence-corrected chi connectivity index (χ3v) is 4.42. The number of hydrogen-bond donors (Lipinski definition) is 2. The molecule has 5 nitrogen and oxygen atoms in total. The Balaban J connectivity index is 1.58. The first-order valence-electron chi connectivity index (χ1n) is 8.36. The van der Waals surface area contributed by atoms with Crippen LogP contribution in [0, 0.1) is 0 Å². The van der Waals surface area contributed by atoms with Crippen LogP contribution in [0.25, 0.3) is 10.9 Å². The topological polar surface area (TPSA) is 53.1 Å². The van der Waals surface area contributed by atoms with E-state index in [0.717, 1.165) is 36.2 Å². The maximum Gasteiger partial charge on any atom is 0.227 e. The van der Waals surface area contributed by atoms with E-state index >= 15 is 0 Å². The molecule has 24 heavy (non-hydrogen) atoms. The Morgan fingerprint density at radius 1 is 1.17 bits per heavy atom. The van der Waals surface area contributed by atoms with Gasteiger partial charge in [0.15, 0.2) is 0 Å². The number of nitrogens with zero attached hydrogens (tertiary/aromatic N) is 3. The van der Waals surface area contributed by atoms with Gasteiger partial charge in [-0.05, 0) is 31.2 Å². The number of fused-ring (bicyclic) bond motifs is 1. The van der Waals surface area contributed by atoms with E-state index in [1.165, 1.54) is 5.69 Å². The molecule has 5 heteroatoms. The molecule has 2 heterocycles. The molecule has 2 N–H and O–H groups in total. The number of rotatable bonds is 3. The van der Waals surface area contributed by atoms with Gasteiger partial charge in [0.2, 0.25) is 5.95 Å². The summed E-state index contributed by atoms with van der Waals surface area (Å²) in [6.45, 7) is 5.32. The molecule has 1 aliphatic heterocycles. The largest absolute Gasteiger partial charge is 0.366 e. The van der Waals surface area contributed by atoms with Crippen LogP contribution in [0.4, 0.5) is 17.3 Å². The summed E-state index contributed by atoms with van der Waals surface area (Å²) in [7, 11) is 0. The van der Waals surface area contributed by atoms with Gasteiger partial charge in [0.25, 0.3) is 0 Å². The summed E-state index contributed by atoms with van der Waals surface area (Å²) in [6, 6.07) is 17.0. The Hall–Kier alpha value is -2.66. The molecule has 1 aromatic heterocycles.